The number of hydrogen-bond donors (Lipinski definition) is 2. The van der Waals surface area contributed by atoms with E-state index in [0.717, 1.165) is 16.8 Å². The SMILES string of the molecule is Cc1ccc(F)c(-c2cnc(N3CC4(COC4)c4ccc(C(=O)NCCO)cc43)nc2)c1. The fraction of sp³-hybridized carbons (Fsp3) is 0.292. The first-order valence-electron chi connectivity index (χ1n) is 10.5. The van der Waals surface area contributed by atoms with Gasteiger partial charge in [0.05, 0.1) is 25.2 Å². The van der Waals surface area contributed by atoms with E-state index in [0.29, 0.717) is 42.4 Å². The maximum atomic E-state index is 14.3. The Labute approximate surface area is 184 Å². The molecule has 164 valence electrons. The number of nitrogens with zero attached hydrogens (tertiary/aromatic N) is 3. The number of rotatable bonds is 5. The van der Waals surface area contributed by atoms with Gasteiger partial charge in [-0.1, -0.05) is 17.7 Å². The molecule has 0 bridgehead atoms. The maximum Gasteiger partial charge on any atom is 0.251 e. The highest BCUT2D eigenvalue weighted by atomic mass is 19.1. The Balaban J connectivity index is 1.49. The first-order chi connectivity index (χ1) is 15.5. The normalized spacial score (nSPS) is 16.0. The minimum Gasteiger partial charge on any atom is -0.395 e. The number of aliphatic hydroxyl groups is 1. The molecular formula is C24H23FN4O3. The van der Waals surface area contributed by atoms with E-state index in [9.17, 15) is 9.18 Å². The molecule has 7 nitrogen and oxygen atoms in total. The predicted octanol–water partition coefficient (Wildman–Crippen LogP) is 2.73. The van der Waals surface area contributed by atoms with Crippen LogP contribution in [0.15, 0.2) is 48.8 Å². The summed E-state index contributed by atoms with van der Waals surface area (Å²) in [6.45, 7) is 3.82. The number of halogens is 1. The minimum absolute atomic E-state index is 0.120. The second-order valence-corrected chi connectivity index (χ2v) is 8.33. The number of hydrogen-bond acceptors (Lipinski definition) is 6. The van der Waals surface area contributed by atoms with Gasteiger partial charge in [0.2, 0.25) is 5.95 Å². The number of anilines is 2. The molecule has 2 aliphatic rings. The van der Waals surface area contributed by atoms with Crippen molar-refractivity contribution in [3.05, 3.63) is 71.3 Å². The van der Waals surface area contributed by atoms with E-state index in [1.807, 2.05) is 24.0 Å². The van der Waals surface area contributed by atoms with Crippen LogP contribution < -0.4 is 10.2 Å². The van der Waals surface area contributed by atoms with Gasteiger partial charge in [0.25, 0.3) is 5.91 Å². The van der Waals surface area contributed by atoms with Gasteiger partial charge in [-0.15, -0.1) is 0 Å². The van der Waals surface area contributed by atoms with E-state index in [1.165, 1.54) is 6.07 Å². The second-order valence-electron chi connectivity index (χ2n) is 8.33. The van der Waals surface area contributed by atoms with Crippen molar-refractivity contribution in [1.82, 2.24) is 15.3 Å². The Morgan fingerprint density at radius 2 is 2.00 bits per heavy atom. The molecule has 5 rings (SSSR count). The third-order valence-electron chi connectivity index (χ3n) is 6.05. The van der Waals surface area contributed by atoms with E-state index < -0.39 is 0 Å². The van der Waals surface area contributed by atoms with Crippen molar-refractivity contribution >= 4 is 17.5 Å². The lowest BCUT2D eigenvalue weighted by Gasteiger charge is -2.38. The molecule has 0 atom stereocenters. The van der Waals surface area contributed by atoms with Crippen LogP contribution in [0.5, 0.6) is 0 Å². The fourth-order valence-electron chi connectivity index (χ4n) is 4.32. The molecule has 0 aliphatic carbocycles. The molecule has 0 radical (unpaired) electrons. The summed E-state index contributed by atoms with van der Waals surface area (Å²) in [5, 5.41) is 11.7. The zero-order valence-corrected chi connectivity index (χ0v) is 17.6. The largest absolute Gasteiger partial charge is 0.395 e. The highest BCUT2D eigenvalue weighted by molar-refractivity contribution is 5.96. The summed E-state index contributed by atoms with van der Waals surface area (Å²) in [6, 6.07) is 10.5. The number of carbonyl (C=O) groups is 1. The third kappa shape index (κ3) is 3.41. The standard InChI is InChI=1S/C24H23FN4O3/c1-15-2-5-20(25)18(8-15)17-10-27-23(28-11-17)29-12-24(13-32-14-24)19-4-3-16(9-21(19)29)22(31)26-6-7-30/h2-5,8-11,30H,6-7,12-14H2,1H3,(H,26,31). The lowest BCUT2D eigenvalue weighted by atomic mass is 9.80. The highest BCUT2D eigenvalue weighted by Crippen LogP contribution is 2.47. The number of aryl methyl sites for hydroxylation is 1. The van der Waals surface area contributed by atoms with Crippen LogP contribution in [0, 0.1) is 12.7 Å². The number of fused-ring (bicyclic) bond motifs is 2. The van der Waals surface area contributed by atoms with E-state index in [-0.39, 0.29) is 30.3 Å². The van der Waals surface area contributed by atoms with Crippen molar-refractivity contribution in [2.75, 3.05) is 37.8 Å². The van der Waals surface area contributed by atoms with Crippen molar-refractivity contribution in [3.8, 4) is 11.1 Å². The summed E-state index contributed by atoms with van der Waals surface area (Å²) in [7, 11) is 0. The van der Waals surface area contributed by atoms with Crippen LogP contribution in [0.4, 0.5) is 16.0 Å². The topological polar surface area (TPSA) is 87.6 Å². The van der Waals surface area contributed by atoms with Gasteiger partial charge in [0.15, 0.2) is 0 Å². The van der Waals surface area contributed by atoms with Gasteiger partial charge in [-0.3, -0.25) is 4.79 Å². The Bertz CT molecular complexity index is 1180. The molecule has 0 saturated carbocycles. The van der Waals surface area contributed by atoms with Crippen molar-refractivity contribution in [2.24, 2.45) is 0 Å². The summed E-state index contributed by atoms with van der Waals surface area (Å²) in [5.41, 5.74) is 4.33. The van der Waals surface area contributed by atoms with Gasteiger partial charge < -0.3 is 20.1 Å². The summed E-state index contributed by atoms with van der Waals surface area (Å²) < 4.78 is 19.8. The summed E-state index contributed by atoms with van der Waals surface area (Å²) in [6.07, 6.45) is 3.25. The second kappa shape index (κ2) is 7.96. The van der Waals surface area contributed by atoms with Crippen LogP contribution in [-0.2, 0) is 10.2 Å². The van der Waals surface area contributed by atoms with Gasteiger partial charge in [-0.05, 0) is 36.8 Å². The molecule has 8 heteroatoms. The van der Waals surface area contributed by atoms with Gasteiger partial charge >= 0.3 is 0 Å². The molecular weight excluding hydrogens is 411 g/mol. The Morgan fingerprint density at radius 3 is 2.69 bits per heavy atom. The molecule has 1 aromatic heterocycles. The summed E-state index contributed by atoms with van der Waals surface area (Å²) in [5.74, 6) is -0.0823. The molecule has 2 aliphatic heterocycles. The van der Waals surface area contributed by atoms with Gasteiger partial charge in [0.1, 0.15) is 5.82 Å². The quantitative estimate of drug-likeness (QED) is 0.642. The van der Waals surface area contributed by atoms with E-state index in [1.54, 1.807) is 30.6 Å². The number of aliphatic hydroxyl groups excluding tert-OH is 1. The van der Waals surface area contributed by atoms with Crippen LogP contribution in [0.2, 0.25) is 0 Å². The van der Waals surface area contributed by atoms with Crippen molar-refractivity contribution < 1.29 is 19.0 Å². The Kier molecular flexibility index (Phi) is 5.11. The first-order valence-corrected chi connectivity index (χ1v) is 10.5. The summed E-state index contributed by atoms with van der Waals surface area (Å²) >= 11 is 0. The zero-order chi connectivity index (χ0) is 22.3. The number of nitrogens with one attached hydrogen (secondary N) is 1. The molecule has 32 heavy (non-hydrogen) atoms. The Hall–Kier alpha value is -3.36. The molecule has 1 amide bonds. The maximum absolute atomic E-state index is 14.3. The molecule has 1 saturated heterocycles. The third-order valence-corrected chi connectivity index (χ3v) is 6.05. The van der Waals surface area contributed by atoms with Crippen LogP contribution >= 0.6 is 0 Å². The molecule has 3 aromatic rings. The van der Waals surface area contributed by atoms with Crippen LogP contribution in [0.25, 0.3) is 11.1 Å². The molecule has 1 fully saturated rings. The molecule has 0 unspecified atom stereocenters. The van der Waals surface area contributed by atoms with Crippen LogP contribution in [-0.4, -0.2) is 53.9 Å². The number of benzene rings is 2. The predicted molar refractivity (Wildman–Crippen MR) is 118 cm³/mol. The van der Waals surface area contributed by atoms with Crippen molar-refractivity contribution in [3.63, 3.8) is 0 Å². The zero-order valence-electron chi connectivity index (χ0n) is 17.6. The number of aromatic nitrogens is 2. The van der Waals surface area contributed by atoms with E-state index in [4.69, 9.17) is 9.84 Å². The minimum atomic E-state index is -0.317. The van der Waals surface area contributed by atoms with Crippen LogP contribution in [0.1, 0.15) is 21.5 Å². The first kappa shape index (κ1) is 20.5. The average Bonchev–Trinajstić information content (AvgIpc) is 3.14. The van der Waals surface area contributed by atoms with E-state index >= 15 is 0 Å². The highest BCUT2D eigenvalue weighted by Gasteiger charge is 2.49. The average molecular weight is 434 g/mol. The lowest BCUT2D eigenvalue weighted by Crippen LogP contribution is -2.49. The van der Waals surface area contributed by atoms with Crippen LogP contribution in [0.3, 0.4) is 0 Å². The van der Waals surface area contributed by atoms with Crippen molar-refractivity contribution in [1.29, 1.82) is 0 Å². The molecule has 1 spiro atoms. The molecule has 2 aromatic carbocycles. The van der Waals surface area contributed by atoms with Gasteiger partial charge in [-0.25, -0.2) is 14.4 Å². The molecule has 3 heterocycles. The lowest BCUT2D eigenvalue weighted by molar-refractivity contribution is -0.0507. The number of ether oxygens (including phenoxy) is 1. The van der Waals surface area contributed by atoms with Gasteiger partial charge in [-0.2, -0.15) is 0 Å². The number of amides is 1. The van der Waals surface area contributed by atoms with Gasteiger partial charge in [0, 0.05) is 47.9 Å². The summed E-state index contributed by atoms with van der Waals surface area (Å²) in [4.78, 5) is 23.5. The smallest absolute Gasteiger partial charge is 0.251 e. The number of carbonyl (C=O) groups excluding carboxylic acids is 1. The molecule has 2 N–H and O–H groups in total. The van der Waals surface area contributed by atoms with Crippen molar-refractivity contribution in [2.45, 2.75) is 12.3 Å². The monoisotopic (exact) mass is 434 g/mol. The Morgan fingerprint density at radius 1 is 1.22 bits per heavy atom. The van der Waals surface area contributed by atoms with E-state index in [2.05, 4.69) is 15.3 Å². The fourth-order valence-corrected chi connectivity index (χ4v) is 4.32.